The monoisotopic (exact) mass is 319 g/mol. The Bertz CT molecular complexity index is 646. The van der Waals surface area contributed by atoms with E-state index in [1.165, 1.54) is 6.20 Å². The number of H-pyrrole nitrogens is 1. The van der Waals surface area contributed by atoms with Crippen molar-refractivity contribution in [1.82, 2.24) is 20.5 Å². The lowest BCUT2D eigenvalue weighted by molar-refractivity contribution is 0.0635. The average Bonchev–Trinajstić information content (AvgIpc) is 2.86. The summed E-state index contributed by atoms with van der Waals surface area (Å²) in [6, 6.07) is 3.31. The highest BCUT2D eigenvalue weighted by Gasteiger charge is 2.17. The Kier molecular flexibility index (Phi) is 5.17. The molecule has 0 unspecified atom stereocenters. The van der Waals surface area contributed by atoms with Gasteiger partial charge in [0.2, 0.25) is 0 Å². The van der Waals surface area contributed by atoms with Crippen LogP contribution in [0.2, 0.25) is 0 Å². The summed E-state index contributed by atoms with van der Waals surface area (Å²) >= 11 is 0. The van der Waals surface area contributed by atoms with E-state index in [2.05, 4.69) is 25.8 Å². The highest BCUT2D eigenvalue weighted by atomic mass is 16.6. The van der Waals surface area contributed by atoms with E-state index in [4.69, 9.17) is 4.74 Å². The van der Waals surface area contributed by atoms with Gasteiger partial charge in [-0.3, -0.25) is 15.4 Å². The van der Waals surface area contributed by atoms with Gasteiger partial charge in [0.1, 0.15) is 17.2 Å². The summed E-state index contributed by atoms with van der Waals surface area (Å²) in [5.74, 6) is 0.623. The lowest BCUT2D eigenvalue weighted by Gasteiger charge is -2.19. The molecule has 0 bridgehead atoms. The summed E-state index contributed by atoms with van der Waals surface area (Å²) in [6.45, 7) is 6.41. The van der Waals surface area contributed by atoms with Crippen LogP contribution < -0.4 is 10.6 Å². The van der Waals surface area contributed by atoms with Crippen molar-refractivity contribution in [2.75, 3.05) is 5.32 Å². The minimum Gasteiger partial charge on any atom is -0.506 e. The zero-order valence-electron chi connectivity index (χ0n) is 13.4. The molecule has 124 valence electrons. The molecule has 0 aliphatic heterocycles. The quantitative estimate of drug-likeness (QED) is 0.672. The van der Waals surface area contributed by atoms with Crippen LogP contribution in [0.5, 0.6) is 5.75 Å². The smallest absolute Gasteiger partial charge is 0.413 e. The van der Waals surface area contributed by atoms with Gasteiger partial charge in [-0.05, 0) is 32.9 Å². The van der Waals surface area contributed by atoms with Gasteiger partial charge in [-0.1, -0.05) is 0 Å². The predicted octanol–water partition coefficient (Wildman–Crippen LogP) is 2.15. The summed E-state index contributed by atoms with van der Waals surface area (Å²) in [7, 11) is 0. The predicted molar refractivity (Wildman–Crippen MR) is 84.9 cm³/mol. The standard InChI is InChI=1S/C15H21N5O3/c1-15(2,3)23-14(22)19-13-10(7-18-20-13)6-16-8-11-4-5-12(21)9-17-11/h4-5,7,9,16,21H,6,8H2,1-3H3,(H2,18,19,20,22). The van der Waals surface area contributed by atoms with E-state index in [9.17, 15) is 9.90 Å². The van der Waals surface area contributed by atoms with E-state index >= 15 is 0 Å². The van der Waals surface area contributed by atoms with E-state index in [1.807, 2.05) is 0 Å². The van der Waals surface area contributed by atoms with Gasteiger partial charge in [0.05, 0.1) is 18.1 Å². The molecule has 0 spiro atoms. The summed E-state index contributed by atoms with van der Waals surface area (Å²) in [4.78, 5) is 15.9. The van der Waals surface area contributed by atoms with Crippen molar-refractivity contribution in [1.29, 1.82) is 0 Å². The Morgan fingerprint density at radius 3 is 2.74 bits per heavy atom. The third kappa shape index (κ3) is 5.59. The Morgan fingerprint density at radius 2 is 2.09 bits per heavy atom. The van der Waals surface area contributed by atoms with Crippen molar-refractivity contribution in [2.24, 2.45) is 0 Å². The number of aromatic nitrogens is 3. The molecule has 0 saturated heterocycles. The molecule has 0 radical (unpaired) electrons. The number of aromatic amines is 1. The van der Waals surface area contributed by atoms with Crippen molar-refractivity contribution in [3.63, 3.8) is 0 Å². The third-order valence-electron chi connectivity index (χ3n) is 2.77. The molecule has 2 heterocycles. The Labute approximate surface area is 134 Å². The van der Waals surface area contributed by atoms with E-state index in [0.29, 0.717) is 18.9 Å². The number of carbonyl (C=O) groups excluding carboxylic acids is 1. The van der Waals surface area contributed by atoms with Gasteiger partial charge in [-0.2, -0.15) is 5.10 Å². The molecular weight excluding hydrogens is 298 g/mol. The number of nitrogens with one attached hydrogen (secondary N) is 3. The van der Waals surface area contributed by atoms with Crippen LogP contribution in [0, 0.1) is 0 Å². The first-order chi connectivity index (χ1) is 10.8. The van der Waals surface area contributed by atoms with Crippen molar-refractivity contribution in [2.45, 2.75) is 39.5 Å². The molecule has 1 amide bonds. The van der Waals surface area contributed by atoms with Crippen molar-refractivity contribution < 1.29 is 14.6 Å². The fourth-order valence-electron chi connectivity index (χ4n) is 1.81. The van der Waals surface area contributed by atoms with Crippen LogP contribution in [0.1, 0.15) is 32.0 Å². The Hall–Kier alpha value is -2.61. The molecule has 0 aliphatic carbocycles. The first kappa shape index (κ1) is 16.8. The first-order valence-corrected chi connectivity index (χ1v) is 7.20. The second-order valence-corrected chi connectivity index (χ2v) is 6.01. The maximum atomic E-state index is 11.8. The number of pyridine rings is 1. The van der Waals surface area contributed by atoms with Crippen LogP contribution in [0.3, 0.4) is 0 Å². The highest BCUT2D eigenvalue weighted by Crippen LogP contribution is 2.14. The summed E-state index contributed by atoms with van der Waals surface area (Å²) in [5, 5.41) is 21.7. The van der Waals surface area contributed by atoms with Crippen LogP contribution in [0.4, 0.5) is 10.6 Å². The molecule has 2 aromatic heterocycles. The molecule has 0 aliphatic rings. The van der Waals surface area contributed by atoms with E-state index < -0.39 is 11.7 Å². The lowest BCUT2D eigenvalue weighted by atomic mass is 10.2. The molecule has 2 aromatic rings. The van der Waals surface area contributed by atoms with Gasteiger partial charge < -0.3 is 15.2 Å². The fraction of sp³-hybridized carbons (Fsp3) is 0.400. The van der Waals surface area contributed by atoms with Gasteiger partial charge in [0.25, 0.3) is 0 Å². The molecule has 23 heavy (non-hydrogen) atoms. The number of aromatic hydroxyl groups is 1. The lowest BCUT2D eigenvalue weighted by Crippen LogP contribution is -2.27. The zero-order valence-corrected chi connectivity index (χ0v) is 13.4. The summed E-state index contributed by atoms with van der Waals surface area (Å²) < 4.78 is 5.20. The van der Waals surface area contributed by atoms with Gasteiger partial charge in [-0.25, -0.2) is 4.79 Å². The Balaban J connectivity index is 1.86. The van der Waals surface area contributed by atoms with Crippen LogP contribution in [0.25, 0.3) is 0 Å². The fourth-order valence-corrected chi connectivity index (χ4v) is 1.81. The van der Waals surface area contributed by atoms with Gasteiger partial charge in [0, 0.05) is 18.7 Å². The zero-order chi connectivity index (χ0) is 16.9. The molecule has 0 aromatic carbocycles. The number of hydrogen-bond acceptors (Lipinski definition) is 6. The number of ether oxygens (including phenoxy) is 1. The number of rotatable bonds is 5. The molecule has 2 rings (SSSR count). The van der Waals surface area contributed by atoms with Crippen molar-refractivity contribution >= 4 is 11.9 Å². The number of nitrogens with zero attached hydrogens (tertiary/aromatic N) is 2. The SMILES string of the molecule is CC(C)(C)OC(=O)Nc1[nH]ncc1CNCc1ccc(O)cn1. The molecule has 4 N–H and O–H groups in total. The van der Waals surface area contributed by atoms with Gasteiger partial charge >= 0.3 is 6.09 Å². The summed E-state index contributed by atoms with van der Waals surface area (Å²) in [5.41, 5.74) is 1.04. The minimum atomic E-state index is -0.562. The second-order valence-electron chi connectivity index (χ2n) is 6.01. The highest BCUT2D eigenvalue weighted by molar-refractivity contribution is 5.84. The average molecular weight is 319 g/mol. The largest absolute Gasteiger partial charge is 0.506 e. The Morgan fingerprint density at radius 1 is 1.30 bits per heavy atom. The first-order valence-electron chi connectivity index (χ1n) is 7.20. The van der Waals surface area contributed by atoms with Crippen molar-refractivity contribution in [3.8, 4) is 5.75 Å². The number of hydrogen-bond donors (Lipinski definition) is 4. The van der Waals surface area contributed by atoms with Crippen LogP contribution >= 0.6 is 0 Å². The second kappa shape index (κ2) is 7.10. The van der Waals surface area contributed by atoms with Crippen LogP contribution in [-0.2, 0) is 17.8 Å². The molecule has 0 fully saturated rings. The molecule has 8 heteroatoms. The molecular formula is C15H21N5O3. The minimum absolute atomic E-state index is 0.132. The number of amides is 1. The molecule has 0 atom stereocenters. The van der Waals surface area contributed by atoms with E-state index in [1.54, 1.807) is 39.1 Å². The molecule has 0 saturated carbocycles. The summed E-state index contributed by atoms with van der Waals surface area (Å²) in [6.07, 6.45) is 2.48. The van der Waals surface area contributed by atoms with Crippen molar-refractivity contribution in [3.05, 3.63) is 35.8 Å². The van der Waals surface area contributed by atoms with E-state index in [-0.39, 0.29) is 5.75 Å². The maximum Gasteiger partial charge on any atom is 0.413 e. The number of anilines is 1. The third-order valence-corrected chi connectivity index (χ3v) is 2.77. The topological polar surface area (TPSA) is 112 Å². The van der Waals surface area contributed by atoms with E-state index in [0.717, 1.165) is 11.3 Å². The van der Waals surface area contributed by atoms with Gasteiger partial charge in [-0.15, -0.1) is 0 Å². The molecule has 8 nitrogen and oxygen atoms in total. The number of carbonyl (C=O) groups is 1. The normalized spacial score (nSPS) is 11.3. The maximum absolute atomic E-state index is 11.8. The van der Waals surface area contributed by atoms with Gasteiger partial charge in [0.15, 0.2) is 0 Å². The van der Waals surface area contributed by atoms with Crippen LogP contribution in [0.15, 0.2) is 24.5 Å². The van der Waals surface area contributed by atoms with Crippen LogP contribution in [-0.4, -0.2) is 32.0 Å².